The van der Waals surface area contributed by atoms with Gasteiger partial charge in [0.1, 0.15) is 16.8 Å². The number of ether oxygens (including phenoxy) is 1. The molecule has 1 aliphatic heterocycles. The van der Waals surface area contributed by atoms with Crippen molar-refractivity contribution in [1.82, 2.24) is 20.1 Å². The van der Waals surface area contributed by atoms with Crippen LogP contribution in [0.5, 0.6) is 0 Å². The lowest BCUT2D eigenvalue weighted by molar-refractivity contribution is -0.147. The molecule has 0 bridgehead atoms. The third kappa shape index (κ3) is 16.0. The number of aliphatic imine (C=N–C) groups is 1. The second kappa shape index (κ2) is 25.9. The van der Waals surface area contributed by atoms with E-state index < -0.39 is 35.4 Å². The second-order valence-electron chi connectivity index (χ2n) is 17.3. The highest BCUT2D eigenvalue weighted by Gasteiger charge is 2.35. The van der Waals surface area contributed by atoms with E-state index in [0.29, 0.717) is 44.0 Å². The number of aliphatic carboxylic acids is 1. The Bertz CT molecular complexity index is 1650. The predicted molar refractivity (Wildman–Crippen MR) is 241 cm³/mol. The van der Waals surface area contributed by atoms with Gasteiger partial charge >= 0.3 is 5.97 Å². The van der Waals surface area contributed by atoms with Crippen LogP contribution >= 0.6 is 11.3 Å². The zero-order valence-electron chi connectivity index (χ0n) is 37.6. The van der Waals surface area contributed by atoms with Crippen LogP contribution in [0.3, 0.4) is 0 Å². The Morgan fingerprint density at radius 2 is 1.82 bits per heavy atom. The number of nitrogens with one attached hydrogen (secondary N) is 2. The SMILES string of the molecule is CCCCCCN(C(=O)C(C=NC(=O)[C@H]1CCCCN1C)CCC)[C@H](CC(OCC)c1nc(C(=O)N[C@@H](Cc2ccc(NCCO)cc2)CC(C)(C)C(=O)O)cs1)C(C)C. The number of likely N-dealkylation sites (tertiary alicyclic amines) is 1. The molecule has 3 rings (SSSR count). The second-order valence-corrected chi connectivity index (χ2v) is 18.2. The summed E-state index contributed by atoms with van der Waals surface area (Å²) in [7, 11) is 1.96. The van der Waals surface area contributed by atoms with Crippen molar-refractivity contribution < 1.29 is 34.1 Å². The molecule has 1 saturated heterocycles. The first kappa shape index (κ1) is 50.6. The average Bonchev–Trinajstić information content (AvgIpc) is 3.71. The molecule has 0 aliphatic carbocycles. The molecule has 0 radical (unpaired) electrons. The van der Waals surface area contributed by atoms with Gasteiger partial charge in [-0.1, -0.05) is 71.9 Å². The molecule has 1 aromatic heterocycles. The lowest BCUT2D eigenvalue weighted by Gasteiger charge is -2.38. The van der Waals surface area contributed by atoms with Crippen molar-refractivity contribution in [3.8, 4) is 0 Å². The van der Waals surface area contributed by atoms with Gasteiger partial charge in [-0.15, -0.1) is 11.3 Å². The minimum atomic E-state index is -1.09. The molecule has 2 aromatic rings. The average molecular weight is 855 g/mol. The summed E-state index contributed by atoms with van der Waals surface area (Å²) in [6.45, 7) is 16.0. The molecule has 5 atom stereocenters. The highest BCUT2D eigenvalue weighted by Crippen LogP contribution is 2.32. The van der Waals surface area contributed by atoms with E-state index >= 15 is 0 Å². The summed E-state index contributed by atoms with van der Waals surface area (Å²) in [6.07, 6.45) is 10.4. The van der Waals surface area contributed by atoms with Gasteiger partial charge in [-0.05, 0) is 96.5 Å². The van der Waals surface area contributed by atoms with Gasteiger partial charge in [-0.2, -0.15) is 0 Å². The number of likely N-dealkylation sites (N-methyl/N-ethyl adjacent to an activating group) is 1. The fourth-order valence-corrected chi connectivity index (χ4v) is 8.77. The van der Waals surface area contributed by atoms with Crippen LogP contribution in [0.2, 0.25) is 0 Å². The van der Waals surface area contributed by atoms with Gasteiger partial charge in [0.25, 0.3) is 11.8 Å². The summed E-state index contributed by atoms with van der Waals surface area (Å²) < 4.78 is 6.34. The molecule has 2 heterocycles. The van der Waals surface area contributed by atoms with Gasteiger partial charge in [0.2, 0.25) is 5.91 Å². The quantitative estimate of drug-likeness (QED) is 0.0513. The Morgan fingerprint density at radius 1 is 1.08 bits per heavy atom. The minimum Gasteiger partial charge on any atom is -0.481 e. The highest BCUT2D eigenvalue weighted by atomic mass is 32.1. The molecule has 13 nitrogen and oxygen atoms in total. The number of thiazole rings is 1. The Hall–Kier alpha value is -3.72. The standard InChI is InChI=1S/C46H74N6O7S/c1-9-12-13-15-25-52(44(56)34(17-10-2)30-48-42(55)38-18-14-16-24-51(38)8)39(32(4)5)28-40(59-11-3)43-50-37(31-60-43)41(54)49-36(29-46(6,7)45(57)58)27-33-19-21-35(22-20-33)47-23-26-53/h19-22,30-32,34,36,38-40,47,53H,9-18,23-29H2,1-8H3,(H,49,54)(H,57,58)/t34?,36-,38+,39+,40?/m0/s1. The van der Waals surface area contributed by atoms with Crippen molar-refractivity contribution >= 4 is 46.9 Å². The van der Waals surface area contributed by atoms with E-state index in [0.717, 1.165) is 69.2 Å². The fourth-order valence-electron chi connectivity index (χ4n) is 7.91. The number of anilines is 1. The van der Waals surface area contributed by atoms with Gasteiger partial charge in [0.05, 0.1) is 24.0 Å². The van der Waals surface area contributed by atoms with E-state index in [1.54, 1.807) is 25.4 Å². The molecule has 1 aliphatic rings. The molecule has 0 saturated carbocycles. The maximum absolute atomic E-state index is 14.7. The number of benzene rings is 1. The van der Waals surface area contributed by atoms with E-state index in [1.807, 2.05) is 50.1 Å². The molecule has 4 N–H and O–H groups in total. The first-order valence-corrected chi connectivity index (χ1v) is 23.2. The number of carbonyl (C=O) groups excluding carboxylic acids is 3. The minimum absolute atomic E-state index is 0.0112. The summed E-state index contributed by atoms with van der Waals surface area (Å²) >= 11 is 1.34. The van der Waals surface area contributed by atoms with Crippen LogP contribution in [0.4, 0.5) is 5.69 Å². The number of aliphatic hydroxyl groups excluding tert-OH is 1. The molecule has 2 unspecified atom stereocenters. The molecule has 1 fully saturated rings. The number of hydrogen-bond acceptors (Lipinski definition) is 10. The number of carboxylic acids is 1. The Morgan fingerprint density at radius 3 is 2.43 bits per heavy atom. The zero-order chi connectivity index (χ0) is 44.2. The summed E-state index contributed by atoms with van der Waals surface area (Å²) in [5, 5.41) is 27.6. The first-order chi connectivity index (χ1) is 28.6. The number of aliphatic hydroxyl groups is 1. The van der Waals surface area contributed by atoms with Crippen molar-refractivity contribution in [3.05, 3.63) is 45.9 Å². The molecule has 1 aromatic carbocycles. The molecule has 14 heteroatoms. The first-order valence-electron chi connectivity index (χ1n) is 22.3. The summed E-state index contributed by atoms with van der Waals surface area (Å²) in [5.74, 6) is -2.02. The van der Waals surface area contributed by atoms with Crippen LogP contribution in [0.15, 0.2) is 34.6 Å². The summed E-state index contributed by atoms with van der Waals surface area (Å²) in [4.78, 5) is 67.2. The fraction of sp³-hybridized carbons (Fsp3) is 0.696. The van der Waals surface area contributed by atoms with E-state index in [-0.39, 0.29) is 48.5 Å². The van der Waals surface area contributed by atoms with Crippen LogP contribution in [-0.2, 0) is 25.5 Å². The van der Waals surface area contributed by atoms with Crippen molar-refractivity contribution in [3.63, 3.8) is 0 Å². The number of carbonyl (C=O) groups is 4. The number of hydrogen-bond donors (Lipinski definition) is 4. The van der Waals surface area contributed by atoms with Crippen molar-refractivity contribution in [2.24, 2.45) is 22.2 Å². The number of aromatic nitrogens is 1. The lowest BCUT2D eigenvalue weighted by atomic mass is 9.84. The summed E-state index contributed by atoms with van der Waals surface area (Å²) in [5.41, 5.74) is 0.910. The number of nitrogens with zero attached hydrogens (tertiary/aromatic N) is 4. The number of rotatable bonds is 27. The maximum Gasteiger partial charge on any atom is 0.309 e. The van der Waals surface area contributed by atoms with E-state index in [2.05, 4.69) is 41.3 Å². The summed E-state index contributed by atoms with van der Waals surface area (Å²) in [6, 6.07) is 6.69. The lowest BCUT2D eigenvalue weighted by Crippen LogP contribution is -2.48. The van der Waals surface area contributed by atoms with Crippen molar-refractivity contribution in [1.29, 1.82) is 0 Å². The number of carboxylic acid groups (broad SMARTS) is 1. The van der Waals surface area contributed by atoms with Crippen molar-refractivity contribution in [2.45, 2.75) is 150 Å². The van der Waals surface area contributed by atoms with Gasteiger partial charge < -0.3 is 30.5 Å². The third-order valence-electron chi connectivity index (χ3n) is 11.5. The van der Waals surface area contributed by atoms with Crippen LogP contribution in [0.1, 0.15) is 146 Å². The van der Waals surface area contributed by atoms with Gasteiger partial charge in [-0.3, -0.25) is 24.1 Å². The van der Waals surface area contributed by atoms with Gasteiger partial charge in [0, 0.05) is 55.5 Å². The molecular formula is C46H74N6O7S. The van der Waals surface area contributed by atoms with E-state index in [4.69, 9.17) is 14.8 Å². The molecule has 0 spiro atoms. The monoisotopic (exact) mass is 855 g/mol. The molecule has 60 heavy (non-hydrogen) atoms. The Labute approximate surface area is 363 Å². The Balaban J connectivity index is 1.87. The van der Waals surface area contributed by atoms with Crippen LogP contribution in [-0.4, -0.2) is 113 Å². The Kier molecular flexibility index (Phi) is 21.9. The molecular weight excluding hydrogens is 781 g/mol. The van der Waals surface area contributed by atoms with E-state index in [9.17, 15) is 24.3 Å². The number of piperidine rings is 1. The highest BCUT2D eigenvalue weighted by molar-refractivity contribution is 7.09. The van der Waals surface area contributed by atoms with Crippen molar-refractivity contribution in [2.75, 3.05) is 45.2 Å². The largest absolute Gasteiger partial charge is 0.481 e. The normalized spacial score (nSPS) is 17.0. The van der Waals surface area contributed by atoms with E-state index in [1.165, 1.54) is 11.3 Å². The topological polar surface area (TPSA) is 174 Å². The predicted octanol–water partition coefficient (Wildman–Crippen LogP) is 7.79. The maximum atomic E-state index is 14.7. The van der Waals surface area contributed by atoms with Gasteiger partial charge in [-0.25, -0.2) is 9.98 Å². The van der Waals surface area contributed by atoms with Crippen LogP contribution in [0.25, 0.3) is 0 Å². The molecule has 3 amide bonds. The zero-order valence-corrected chi connectivity index (χ0v) is 38.4. The van der Waals surface area contributed by atoms with Gasteiger partial charge in [0.15, 0.2) is 0 Å². The third-order valence-corrected chi connectivity index (χ3v) is 12.4. The molecule has 336 valence electrons. The van der Waals surface area contributed by atoms with Crippen LogP contribution in [0, 0.1) is 17.3 Å². The number of amides is 3. The number of unbranched alkanes of at least 4 members (excludes halogenated alkanes) is 3. The van der Waals surface area contributed by atoms with Crippen LogP contribution < -0.4 is 10.6 Å². The smallest absolute Gasteiger partial charge is 0.309 e.